The number of halogens is 2. The van der Waals surface area contributed by atoms with E-state index in [0.29, 0.717) is 27.4 Å². The van der Waals surface area contributed by atoms with E-state index in [2.05, 4.69) is 21.2 Å². The van der Waals surface area contributed by atoms with Crippen molar-refractivity contribution in [3.05, 3.63) is 57.5 Å². The van der Waals surface area contributed by atoms with Crippen molar-refractivity contribution < 1.29 is 14.3 Å². The topological polar surface area (TPSA) is 58.6 Å². The van der Waals surface area contributed by atoms with Gasteiger partial charge in [0.2, 0.25) is 5.91 Å². The minimum atomic E-state index is -0.692. The number of carbonyl (C=O) groups is 2. The number of likely N-dealkylation sites (N-methyl/N-ethyl adjacent to an activating group) is 1. The predicted octanol–water partition coefficient (Wildman–Crippen LogP) is 4.14. The third kappa shape index (κ3) is 5.75. The molecule has 0 saturated carbocycles. The molecule has 5 nitrogen and oxygen atoms in total. The van der Waals surface area contributed by atoms with Crippen molar-refractivity contribution in [3.8, 4) is 5.75 Å². The van der Waals surface area contributed by atoms with Crippen LogP contribution in [0.3, 0.4) is 0 Å². The number of hydrogen-bond donors (Lipinski definition) is 1. The third-order valence-electron chi connectivity index (χ3n) is 3.64. The van der Waals surface area contributed by atoms with Crippen LogP contribution in [0, 0.1) is 0 Å². The van der Waals surface area contributed by atoms with Gasteiger partial charge in [-0.05, 0) is 58.7 Å². The van der Waals surface area contributed by atoms with Crippen LogP contribution < -0.4 is 10.1 Å². The Morgan fingerprint density at radius 3 is 2.42 bits per heavy atom. The molecule has 7 heteroatoms. The van der Waals surface area contributed by atoms with E-state index in [4.69, 9.17) is 16.3 Å². The summed E-state index contributed by atoms with van der Waals surface area (Å²) in [6, 6.07) is 12.3. The van der Waals surface area contributed by atoms with Crippen LogP contribution >= 0.6 is 27.5 Å². The second-order valence-corrected chi connectivity index (χ2v) is 7.28. The molecule has 0 spiro atoms. The van der Waals surface area contributed by atoms with Gasteiger partial charge in [0, 0.05) is 24.8 Å². The molecule has 0 heterocycles. The Balaban J connectivity index is 1.95. The van der Waals surface area contributed by atoms with Crippen LogP contribution in [0.2, 0.25) is 5.02 Å². The van der Waals surface area contributed by atoms with Gasteiger partial charge in [-0.15, -0.1) is 0 Å². The quantitative estimate of drug-likeness (QED) is 0.736. The highest BCUT2D eigenvalue weighted by Crippen LogP contribution is 2.28. The van der Waals surface area contributed by atoms with Gasteiger partial charge in [0.1, 0.15) is 5.75 Å². The van der Waals surface area contributed by atoms with Crippen LogP contribution in [-0.4, -0.2) is 36.9 Å². The van der Waals surface area contributed by atoms with E-state index in [1.165, 1.54) is 0 Å². The molecule has 2 aromatic carbocycles. The van der Waals surface area contributed by atoms with Crippen LogP contribution in [0.15, 0.2) is 46.9 Å². The van der Waals surface area contributed by atoms with Gasteiger partial charge >= 0.3 is 0 Å². The highest BCUT2D eigenvalue weighted by atomic mass is 79.9. The van der Waals surface area contributed by atoms with Crippen molar-refractivity contribution >= 4 is 45.0 Å². The van der Waals surface area contributed by atoms with Crippen molar-refractivity contribution in [2.45, 2.75) is 19.4 Å². The Hall–Kier alpha value is -2.05. The first-order chi connectivity index (χ1) is 12.3. The summed E-state index contributed by atoms with van der Waals surface area (Å²) in [6.07, 6.45) is -0.367. The number of amides is 2. The zero-order valence-electron chi connectivity index (χ0n) is 14.8. The standard InChI is InChI=1S/C19H20BrClN2O3/c1-12(26-17-9-6-14(21)11-16(17)20)19(25)22-15-7-4-13(5-8-15)10-18(24)23(2)3/h4-9,11-12H,10H2,1-3H3,(H,22,25). The average molecular weight is 440 g/mol. The molecule has 0 bridgehead atoms. The van der Waals surface area contributed by atoms with E-state index in [0.717, 1.165) is 5.56 Å². The highest BCUT2D eigenvalue weighted by Gasteiger charge is 2.16. The summed E-state index contributed by atoms with van der Waals surface area (Å²) in [6.45, 7) is 1.67. The molecular weight excluding hydrogens is 420 g/mol. The fourth-order valence-corrected chi connectivity index (χ4v) is 2.87. The molecule has 0 radical (unpaired) electrons. The summed E-state index contributed by atoms with van der Waals surface area (Å²) in [4.78, 5) is 25.6. The van der Waals surface area contributed by atoms with Crippen molar-refractivity contribution in [2.75, 3.05) is 19.4 Å². The Kier molecular flexibility index (Phi) is 7.06. The van der Waals surface area contributed by atoms with Gasteiger partial charge in [0.25, 0.3) is 5.91 Å². The molecular formula is C19H20BrClN2O3. The first-order valence-corrected chi connectivity index (χ1v) is 9.15. The van der Waals surface area contributed by atoms with E-state index in [9.17, 15) is 9.59 Å². The van der Waals surface area contributed by atoms with Gasteiger partial charge in [-0.3, -0.25) is 9.59 Å². The lowest BCUT2D eigenvalue weighted by Crippen LogP contribution is -2.30. The largest absolute Gasteiger partial charge is 0.480 e. The maximum atomic E-state index is 12.3. The van der Waals surface area contributed by atoms with E-state index in [1.807, 2.05) is 12.1 Å². The fraction of sp³-hybridized carbons (Fsp3) is 0.263. The number of nitrogens with one attached hydrogen (secondary N) is 1. The molecule has 2 rings (SSSR count). The Morgan fingerprint density at radius 1 is 1.19 bits per heavy atom. The van der Waals surface area contributed by atoms with Gasteiger partial charge in [-0.2, -0.15) is 0 Å². The molecule has 2 amide bonds. The molecule has 0 aliphatic carbocycles. The molecule has 1 N–H and O–H groups in total. The number of carbonyl (C=O) groups excluding carboxylic acids is 2. The van der Waals surface area contributed by atoms with Crippen molar-refractivity contribution in [1.29, 1.82) is 0 Å². The lowest BCUT2D eigenvalue weighted by atomic mass is 10.1. The summed E-state index contributed by atoms with van der Waals surface area (Å²) in [5.74, 6) is 0.288. The molecule has 0 fully saturated rings. The Labute approximate surface area is 166 Å². The first kappa shape index (κ1) is 20.3. The predicted molar refractivity (Wildman–Crippen MR) is 107 cm³/mol. The first-order valence-electron chi connectivity index (χ1n) is 7.98. The van der Waals surface area contributed by atoms with E-state index in [1.54, 1.807) is 56.3 Å². The second kappa shape index (κ2) is 9.05. The number of nitrogens with zero attached hydrogens (tertiary/aromatic N) is 1. The van der Waals surface area contributed by atoms with E-state index in [-0.39, 0.29) is 11.8 Å². The van der Waals surface area contributed by atoms with Gasteiger partial charge in [0.15, 0.2) is 6.10 Å². The average Bonchev–Trinajstić information content (AvgIpc) is 2.58. The van der Waals surface area contributed by atoms with Gasteiger partial charge in [-0.1, -0.05) is 23.7 Å². The van der Waals surface area contributed by atoms with Crippen LogP contribution in [0.25, 0.3) is 0 Å². The lowest BCUT2D eigenvalue weighted by molar-refractivity contribution is -0.128. The van der Waals surface area contributed by atoms with E-state index >= 15 is 0 Å². The monoisotopic (exact) mass is 438 g/mol. The Morgan fingerprint density at radius 2 is 1.85 bits per heavy atom. The molecule has 0 saturated heterocycles. The summed E-state index contributed by atoms with van der Waals surface area (Å²) < 4.78 is 6.35. The number of ether oxygens (including phenoxy) is 1. The van der Waals surface area contributed by atoms with Gasteiger partial charge in [0.05, 0.1) is 10.9 Å². The SMILES string of the molecule is CC(Oc1ccc(Cl)cc1Br)C(=O)Nc1ccc(CC(=O)N(C)C)cc1. The molecule has 2 aromatic rings. The zero-order chi connectivity index (χ0) is 19.3. The third-order valence-corrected chi connectivity index (χ3v) is 4.50. The zero-order valence-corrected chi connectivity index (χ0v) is 17.1. The van der Waals surface area contributed by atoms with Gasteiger partial charge in [-0.25, -0.2) is 0 Å². The lowest BCUT2D eigenvalue weighted by Gasteiger charge is -2.16. The molecule has 0 aliphatic heterocycles. The van der Waals surface area contributed by atoms with Crippen LogP contribution in [0.5, 0.6) is 5.75 Å². The van der Waals surface area contributed by atoms with Crippen molar-refractivity contribution in [2.24, 2.45) is 0 Å². The number of hydrogen-bond acceptors (Lipinski definition) is 3. The fourth-order valence-electron chi connectivity index (χ4n) is 2.10. The maximum Gasteiger partial charge on any atom is 0.265 e. The van der Waals surface area contributed by atoms with Crippen molar-refractivity contribution in [1.82, 2.24) is 4.90 Å². The number of rotatable bonds is 6. The summed E-state index contributed by atoms with van der Waals surface area (Å²) >= 11 is 9.25. The second-order valence-electron chi connectivity index (χ2n) is 5.99. The normalized spacial score (nSPS) is 11.6. The Bertz CT molecular complexity index is 794. The summed E-state index contributed by atoms with van der Waals surface area (Å²) in [7, 11) is 3.44. The van der Waals surface area contributed by atoms with Gasteiger partial charge < -0.3 is 15.0 Å². The molecule has 0 aromatic heterocycles. The molecule has 26 heavy (non-hydrogen) atoms. The van der Waals surface area contributed by atoms with Crippen LogP contribution in [0.4, 0.5) is 5.69 Å². The maximum absolute atomic E-state index is 12.3. The minimum absolute atomic E-state index is 0.0253. The number of anilines is 1. The van der Waals surface area contributed by atoms with Crippen LogP contribution in [0.1, 0.15) is 12.5 Å². The molecule has 1 atom stereocenters. The number of benzene rings is 2. The summed E-state index contributed by atoms with van der Waals surface area (Å²) in [5.41, 5.74) is 1.53. The smallest absolute Gasteiger partial charge is 0.265 e. The minimum Gasteiger partial charge on any atom is -0.480 e. The van der Waals surface area contributed by atoms with Crippen molar-refractivity contribution in [3.63, 3.8) is 0 Å². The molecule has 138 valence electrons. The van der Waals surface area contributed by atoms with E-state index < -0.39 is 6.10 Å². The van der Waals surface area contributed by atoms with Crippen LogP contribution in [-0.2, 0) is 16.0 Å². The summed E-state index contributed by atoms with van der Waals surface area (Å²) in [5, 5.41) is 3.37. The molecule has 1 unspecified atom stereocenters. The highest BCUT2D eigenvalue weighted by molar-refractivity contribution is 9.10. The molecule has 0 aliphatic rings.